The molecule has 0 aliphatic rings. The molecule has 0 aliphatic heterocycles. The molecule has 0 unspecified atom stereocenters. The molecule has 0 spiro atoms. The van der Waals surface area contributed by atoms with Crippen LogP contribution in [0.5, 0.6) is 5.75 Å². The van der Waals surface area contributed by atoms with Crippen molar-refractivity contribution in [3.8, 4) is 5.75 Å². The number of carbonyl (C=O) groups is 1. The Hall–Kier alpha value is -3.22. The van der Waals surface area contributed by atoms with Gasteiger partial charge >= 0.3 is 5.97 Å². The topological polar surface area (TPSA) is 83.3 Å². The normalized spacial score (nSPS) is 10.9. The molecular weight excluding hydrogens is 334 g/mol. The maximum atomic E-state index is 12.3. The predicted molar refractivity (Wildman–Crippen MR) is 95.9 cm³/mol. The molecule has 134 valence electrons. The van der Waals surface area contributed by atoms with Gasteiger partial charge in [-0.25, -0.2) is 4.79 Å². The van der Waals surface area contributed by atoms with Gasteiger partial charge < -0.3 is 9.47 Å². The molecule has 26 heavy (non-hydrogen) atoms. The maximum absolute atomic E-state index is 12.3. The van der Waals surface area contributed by atoms with Crippen LogP contribution in [0.15, 0.2) is 53.3 Å². The molecule has 0 radical (unpaired) electrons. The van der Waals surface area contributed by atoms with Crippen LogP contribution in [-0.2, 0) is 16.3 Å². The van der Waals surface area contributed by atoms with E-state index in [-0.39, 0.29) is 24.8 Å². The fraction of sp³-hybridized carbons (Fsp3) is 0.263. The van der Waals surface area contributed by atoms with E-state index in [4.69, 9.17) is 9.47 Å². The minimum absolute atomic E-state index is 0.251. The van der Waals surface area contributed by atoms with Crippen molar-refractivity contribution in [2.75, 3.05) is 6.61 Å². The summed E-state index contributed by atoms with van der Waals surface area (Å²) in [6.07, 6.45) is 0. The molecule has 1 heterocycles. The average Bonchev–Trinajstić information content (AvgIpc) is 2.66. The zero-order chi connectivity index (χ0) is 18.5. The summed E-state index contributed by atoms with van der Waals surface area (Å²) in [5.41, 5.74) is 1.14. The molecule has 0 N–H and O–H groups in total. The third-order valence-electron chi connectivity index (χ3n) is 3.86. The van der Waals surface area contributed by atoms with Crippen molar-refractivity contribution < 1.29 is 14.3 Å². The van der Waals surface area contributed by atoms with E-state index in [1.165, 1.54) is 0 Å². The first-order valence-electron chi connectivity index (χ1n) is 8.26. The number of esters is 1. The predicted octanol–water partition coefficient (Wildman–Crippen LogP) is 2.49. The van der Waals surface area contributed by atoms with Gasteiger partial charge in [0.1, 0.15) is 11.3 Å². The Morgan fingerprint density at radius 3 is 2.65 bits per heavy atom. The first-order chi connectivity index (χ1) is 12.6. The molecule has 2 aromatic carbocycles. The number of benzene rings is 2. The number of hydrogen-bond acceptors (Lipinski definition) is 6. The van der Waals surface area contributed by atoms with Gasteiger partial charge in [0.15, 0.2) is 13.3 Å². The lowest BCUT2D eigenvalue weighted by Crippen LogP contribution is -2.27. The van der Waals surface area contributed by atoms with Crippen molar-refractivity contribution in [1.82, 2.24) is 15.0 Å². The number of nitrogens with zero attached hydrogens (tertiary/aromatic N) is 3. The highest BCUT2D eigenvalue weighted by molar-refractivity contribution is 5.76. The molecule has 7 nitrogen and oxygen atoms in total. The molecule has 0 amide bonds. The number of para-hydroxylation sites is 1. The van der Waals surface area contributed by atoms with E-state index in [2.05, 4.69) is 10.3 Å². The van der Waals surface area contributed by atoms with Crippen LogP contribution in [-0.4, -0.2) is 27.6 Å². The number of fused-ring (bicyclic) bond motifs is 1. The number of ether oxygens (including phenoxy) is 2. The first kappa shape index (κ1) is 17.6. The summed E-state index contributed by atoms with van der Waals surface area (Å²) in [6.45, 7) is 3.53. The van der Waals surface area contributed by atoms with Crippen LogP contribution in [0.1, 0.15) is 25.3 Å². The first-order valence-corrected chi connectivity index (χ1v) is 8.26. The average molecular weight is 353 g/mol. The molecule has 0 fully saturated rings. The summed E-state index contributed by atoms with van der Waals surface area (Å²) in [7, 11) is 0. The molecule has 7 heteroatoms. The summed E-state index contributed by atoms with van der Waals surface area (Å²) in [4.78, 5) is 24.2. The maximum Gasteiger partial charge on any atom is 0.345 e. The second-order valence-electron chi connectivity index (χ2n) is 6.04. The Bertz CT molecular complexity index is 982. The lowest BCUT2D eigenvalue weighted by atomic mass is 10.0. The standard InChI is InChI=1S/C19H19N3O4/c1-13(2)14-7-4-6-10-17(14)25-11-18(23)26-12-22-19(24)15-8-3-5-9-16(15)20-21-22/h3-10,13H,11-12H2,1-2H3. The highest BCUT2D eigenvalue weighted by atomic mass is 16.6. The zero-order valence-corrected chi connectivity index (χ0v) is 14.6. The van der Waals surface area contributed by atoms with Crippen LogP contribution >= 0.6 is 0 Å². The van der Waals surface area contributed by atoms with Crippen molar-refractivity contribution in [3.05, 3.63) is 64.4 Å². The highest BCUT2D eigenvalue weighted by Crippen LogP contribution is 2.25. The smallest absolute Gasteiger partial charge is 0.345 e. The van der Waals surface area contributed by atoms with Crippen molar-refractivity contribution in [2.45, 2.75) is 26.5 Å². The van der Waals surface area contributed by atoms with Crippen LogP contribution in [0, 0.1) is 0 Å². The van der Waals surface area contributed by atoms with Crippen LogP contribution < -0.4 is 10.3 Å². The van der Waals surface area contributed by atoms with Crippen LogP contribution in [0.3, 0.4) is 0 Å². The third kappa shape index (κ3) is 3.88. The summed E-state index contributed by atoms with van der Waals surface area (Å²) >= 11 is 0. The number of aromatic nitrogens is 3. The van der Waals surface area contributed by atoms with Crippen LogP contribution in [0.2, 0.25) is 0 Å². The quantitative estimate of drug-likeness (QED) is 0.633. The molecule has 3 rings (SSSR count). The Morgan fingerprint density at radius 1 is 1.12 bits per heavy atom. The zero-order valence-electron chi connectivity index (χ0n) is 14.6. The van der Waals surface area contributed by atoms with Crippen molar-refractivity contribution >= 4 is 16.9 Å². The molecule has 0 bridgehead atoms. The fourth-order valence-electron chi connectivity index (χ4n) is 2.51. The van der Waals surface area contributed by atoms with Gasteiger partial charge in [-0.2, -0.15) is 4.68 Å². The number of carbonyl (C=O) groups excluding carboxylic acids is 1. The van der Waals surface area contributed by atoms with Gasteiger partial charge in [-0.15, -0.1) is 5.10 Å². The fourth-order valence-corrected chi connectivity index (χ4v) is 2.51. The summed E-state index contributed by atoms with van der Waals surface area (Å²) in [5, 5.41) is 8.12. The second-order valence-corrected chi connectivity index (χ2v) is 6.04. The largest absolute Gasteiger partial charge is 0.482 e. The lowest BCUT2D eigenvalue weighted by Gasteiger charge is -2.13. The van der Waals surface area contributed by atoms with Crippen LogP contribution in [0.4, 0.5) is 0 Å². The van der Waals surface area contributed by atoms with E-state index in [0.29, 0.717) is 16.7 Å². The lowest BCUT2D eigenvalue weighted by molar-refractivity contribution is -0.150. The van der Waals surface area contributed by atoms with Crippen molar-refractivity contribution in [3.63, 3.8) is 0 Å². The summed E-state index contributed by atoms with van der Waals surface area (Å²) < 4.78 is 11.6. The minimum atomic E-state index is -0.592. The van der Waals surface area contributed by atoms with Gasteiger partial charge in [0, 0.05) is 0 Å². The van der Waals surface area contributed by atoms with E-state index < -0.39 is 5.97 Å². The molecule has 0 aliphatic carbocycles. The SMILES string of the molecule is CC(C)c1ccccc1OCC(=O)OCn1nnc2ccccc2c1=O. The second kappa shape index (κ2) is 7.77. The number of rotatable bonds is 6. The summed E-state index contributed by atoms with van der Waals surface area (Å²) in [6, 6.07) is 14.4. The highest BCUT2D eigenvalue weighted by Gasteiger charge is 2.11. The monoisotopic (exact) mass is 353 g/mol. The number of hydrogen-bond donors (Lipinski definition) is 0. The van der Waals surface area contributed by atoms with E-state index >= 15 is 0 Å². The van der Waals surface area contributed by atoms with Gasteiger partial charge in [0.2, 0.25) is 0 Å². The molecule has 0 saturated carbocycles. The summed E-state index contributed by atoms with van der Waals surface area (Å²) in [5.74, 6) is 0.321. The minimum Gasteiger partial charge on any atom is -0.482 e. The van der Waals surface area contributed by atoms with Crippen molar-refractivity contribution in [2.24, 2.45) is 0 Å². The third-order valence-corrected chi connectivity index (χ3v) is 3.86. The Labute approximate surface area is 150 Å². The van der Waals surface area contributed by atoms with Crippen LogP contribution in [0.25, 0.3) is 10.9 Å². The van der Waals surface area contributed by atoms with Crippen molar-refractivity contribution in [1.29, 1.82) is 0 Å². The van der Waals surface area contributed by atoms with Gasteiger partial charge in [0.25, 0.3) is 5.56 Å². The van der Waals surface area contributed by atoms with Gasteiger partial charge in [-0.1, -0.05) is 49.4 Å². The Balaban J connectivity index is 1.62. The van der Waals surface area contributed by atoms with E-state index in [0.717, 1.165) is 10.2 Å². The molecule has 0 saturated heterocycles. The van der Waals surface area contributed by atoms with Gasteiger partial charge in [-0.3, -0.25) is 4.79 Å². The Kier molecular flexibility index (Phi) is 5.26. The molecule has 0 atom stereocenters. The molecular formula is C19H19N3O4. The molecule has 3 aromatic rings. The Morgan fingerprint density at radius 2 is 1.85 bits per heavy atom. The van der Waals surface area contributed by atoms with E-state index in [1.54, 1.807) is 24.3 Å². The van der Waals surface area contributed by atoms with Gasteiger partial charge in [-0.05, 0) is 29.7 Å². The van der Waals surface area contributed by atoms with Gasteiger partial charge in [0.05, 0.1) is 5.39 Å². The van der Waals surface area contributed by atoms with E-state index in [9.17, 15) is 9.59 Å². The molecule has 1 aromatic heterocycles. The van der Waals surface area contributed by atoms with E-state index in [1.807, 2.05) is 38.1 Å².